The van der Waals surface area contributed by atoms with Crippen molar-refractivity contribution in [1.29, 1.82) is 0 Å². The van der Waals surface area contributed by atoms with Crippen molar-refractivity contribution in [3.63, 3.8) is 0 Å². The first-order chi connectivity index (χ1) is 8.25. The van der Waals surface area contributed by atoms with Gasteiger partial charge in [-0.1, -0.05) is 30.3 Å². The van der Waals surface area contributed by atoms with E-state index in [2.05, 4.69) is 66.3 Å². The molecular formula is C15H19NS. The highest BCUT2D eigenvalue weighted by molar-refractivity contribution is 7.07. The first-order valence-electron chi connectivity index (χ1n) is 6.08. The van der Waals surface area contributed by atoms with Crippen molar-refractivity contribution in [2.24, 2.45) is 0 Å². The van der Waals surface area contributed by atoms with Gasteiger partial charge in [-0.2, -0.15) is 11.3 Å². The average molecular weight is 245 g/mol. The summed E-state index contributed by atoms with van der Waals surface area (Å²) >= 11 is 1.77. The zero-order chi connectivity index (χ0) is 12.1. The molecule has 1 nitrogen and oxygen atoms in total. The Labute approximate surface area is 108 Å². The predicted octanol–water partition coefficient (Wildman–Crippen LogP) is 4.03. The highest BCUT2D eigenvalue weighted by Crippen LogP contribution is 2.14. The fourth-order valence-corrected chi connectivity index (χ4v) is 2.77. The summed E-state index contributed by atoms with van der Waals surface area (Å²) < 4.78 is 0. The van der Waals surface area contributed by atoms with Crippen LogP contribution in [0.3, 0.4) is 0 Å². The normalized spacial score (nSPS) is 14.5. The average Bonchev–Trinajstić information content (AvgIpc) is 2.82. The van der Waals surface area contributed by atoms with Crippen LogP contribution >= 0.6 is 11.3 Å². The van der Waals surface area contributed by atoms with E-state index in [1.165, 1.54) is 11.1 Å². The zero-order valence-electron chi connectivity index (χ0n) is 10.4. The Morgan fingerprint density at radius 2 is 1.88 bits per heavy atom. The van der Waals surface area contributed by atoms with Gasteiger partial charge in [-0.25, -0.2) is 0 Å². The van der Waals surface area contributed by atoms with Crippen LogP contribution in [0, 0.1) is 0 Å². The minimum absolute atomic E-state index is 0.407. The lowest BCUT2D eigenvalue weighted by molar-refractivity contribution is 0.477. The summed E-state index contributed by atoms with van der Waals surface area (Å²) in [5.41, 5.74) is 2.78. The molecule has 17 heavy (non-hydrogen) atoms. The molecule has 0 saturated carbocycles. The minimum Gasteiger partial charge on any atom is -0.307 e. The third-order valence-electron chi connectivity index (χ3n) is 2.96. The van der Waals surface area contributed by atoms with Gasteiger partial charge in [0.2, 0.25) is 0 Å². The van der Waals surface area contributed by atoms with Gasteiger partial charge in [0, 0.05) is 12.1 Å². The maximum absolute atomic E-state index is 3.64. The quantitative estimate of drug-likeness (QED) is 0.838. The number of nitrogens with one attached hydrogen (secondary N) is 1. The van der Waals surface area contributed by atoms with Crippen LogP contribution in [0.5, 0.6) is 0 Å². The molecule has 2 unspecified atom stereocenters. The Morgan fingerprint density at radius 3 is 2.53 bits per heavy atom. The molecule has 0 saturated heterocycles. The van der Waals surface area contributed by atoms with E-state index in [4.69, 9.17) is 0 Å². The van der Waals surface area contributed by atoms with E-state index in [0.29, 0.717) is 12.1 Å². The van der Waals surface area contributed by atoms with E-state index < -0.39 is 0 Å². The summed E-state index contributed by atoms with van der Waals surface area (Å²) in [6, 6.07) is 13.7. The minimum atomic E-state index is 0.407. The molecule has 0 spiro atoms. The van der Waals surface area contributed by atoms with Crippen LogP contribution in [0.2, 0.25) is 0 Å². The molecule has 2 rings (SSSR count). The molecule has 0 aliphatic heterocycles. The van der Waals surface area contributed by atoms with Crippen molar-refractivity contribution in [1.82, 2.24) is 5.32 Å². The van der Waals surface area contributed by atoms with Crippen LogP contribution in [-0.4, -0.2) is 6.04 Å². The van der Waals surface area contributed by atoms with Crippen molar-refractivity contribution in [3.8, 4) is 0 Å². The molecule has 0 radical (unpaired) electrons. The van der Waals surface area contributed by atoms with Crippen molar-refractivity contribution in [3.05, 3.63) is 58.3 Å². The Morgan fingerprint density at radius 1 is 1.12 bits per heavy atom. The number of thiophene rings is 1. The maximum Gasteiger partial charge on any atom is 0.0294 e. The zero-order valence-corrected chi connectivity index (χ0v) is 11.2. The van der Waals surface area contributed by atoms with Crippen LogP contribution in [0.15, 0.2) is 47.2 Å². The van der Waals surface area contributed by atoms with Crippen LogP contribution in [-0.2, 0) is 6.42 Å². The van der Waals surface area contributed by atoms with E-state index in [9.17, 15) is 0 Å². The summed E-state index contributed by atoms with van der Waals surface area (Å²) in [6.45, 7) is 4.47. The predicted molar refractivity (Wildman–Crippen MR) is 75.5 cm³/mol. The number of hydrogen-bond donors (Lipinski definition) is 1. The largest absolute Gasteiger partial charge is 0.307 e. The topological polar surface area (TPSA) is 12.0 Å². The molecule has 0 aliphatic carbocycles. The SMILES string of the molecule is CC(Cc1ccsc1)NC(C)c1ccccc1. The van der Waals surface area contributed by atoms with E-state index >= 15 is 0 Å². The van der Waals surface area contributed by atoms with Crippen molar-refractivity contribution < 1.29 is 0 Å². The smallest absolute Gasteiger partial charge is 0.0294 e. The fourth-order valence-electron chi connectivity index (χ4n) is 2.09. The fraction of sp³-hybridized carbons (Fsp3) is 0.333. The van der Waals surface area contributed by atoms with E-state index in [-0.39, 0.29) is 0 Å². The molecule has 2 atom stereocenters. The summed E-state index contributed by atoms with van der Waals surface area (Å²) in [5, 5.41) is 8.01. The van der Waals surface area contributed by atoms with E-state index in [0.717, 1.165) is 6.42 Å². The first kappa shape index (κ1) is 12.3. The van der Waals surface area contributed by atoms with E-state index in [1.54, 1.807) is 11.3 Å². The van der Waals surface area contributed by atoms with Gasteiger partial charge in [0.25, 0.3) is 0 Å². The van der Waals surface area contributed by atoms with Gasteiger partial charge in [-0.05, 0) is 48.2 Å². The van der Waals surface area contributed by atoms with Gasteiger partial charge in [0.05, 0.1) is 0 Å². The Bertz CT molecular complexity index is 421. The van der Waals surface area contributed by atoms with E-state index in [1.807, 2.05) is 0 Å². The lowest BCUT2D eigenvalue weighted by Crippen LogP contribution is -2.30. The molecule has 1 aromatic carbocycles. The van der Waals surface area contributed by atoms with Crippen molar-refractivity contribution >= 4 is 11.3 Å². The van der Waals surface area contributed by atoms with Gasteiger partial charge in [-0.15, -0.1) is 0 Å². The summed E-state index contributed by atoms with van der Waals surface area (Å²) in [4.78, 5) is 0. The van der Waals surface area contributed by atoms with Gasteiger partial charge in [0.1, 0.15) is 0 Å². The molecule has 0 amide bonds. The third-order valence-corrected chi connectivity index (χ3v) is 3.69. The lowest BCUT2D eigenvalue weighted by atomic mass is 10.1. The van der Waals surface area contributed by atoms with Gasteiger partial charge in [0.15, 0.2) is 0 Å². The molecule has 90 valence electrons. The Hall–Kier alpha value is -1.12. The summed E-state index contributed by atoms with van der Waals surface area (Å²) in [5.74, 6) is 0. The second-order valence-corrected chi connectivity index (χ2v) is 5.32. The number of benzene rings is 1. The highest BCUT2D eigenvalue weighted by Gasteiger charge is 2.09. The standard InChI is InChI=1S/C15H19NS/c1-12(10-14-8-9-17-11-14)16-13(2)15-6-4-3-5-7-15/h3-9,11-13,16H,10H2,1-2H3. The maximum atomic E-state index is 3.64. The molecule has 1 aromatic heterocycles. The van der Waals surface area contributed by atoms with Crippen LogP contribution in [0.4, 0.5) is 0 Å². The molecule has 0 fully saturated rings. The monoisotopic (exact) mass is 245 g/mol. The number of hydrogen-bond acceptors (Lipinski definition) is 2. The molecule has 0 bridgehead atoms. The molecule has 2 aromatic rings. The van der Waals surface area contributed by atoms with Gasteiger partial charge in [-0.3, -0.25) is 0 Å². The molecule has 1 N–H and O–H groups in total. The Kier molecular flexibility index (Phi) is 4.35. The van der Waals surface area contributed by atoms with Crippen LogP contribution < -0.4 is 5.32 Å². The molecular weight excluding hydrogens is 226 g/mol. The second-order valence-electron chi connectivity index (χ2n) is 4.54. The molecule has 0 aliphatic rings. The Balaban J connectivity index is 1.88. The van der Waals surface area contributed by atoms with Crippen LogP contribution in [0.25, 0.3) is 0 Å². The highest BCUT2D eigenvalue weighted by atomic mass is 32.1. The third kappa shape index (κ3) is 3.69. The second kappa shape index (κ2) is 5.99. The lowest BCUT2D eigenvalue weighted by Gasteiger charge is -2.20. The van der Waals surface area contributed by atoms with Gasteiger partial charge >= 0.3 is 0 Å². The first-order valence-corrected chi connectivity index (χ1v) is 7.02. The van der Waals surface area contributed by atoms with Gasteiger partial charge < -0.3 is 5.32 Å². The summed E-state index contributed by atoms with van der Waals surface area (Å²) in [7, 11) is 0. The number of rotatable bonds is 5. The molecule has 2 heteroatoms. The van der Waals surface area contributed by atoms with Crippen LogP contribution in [0.1, 0.15) is 31.0 Å². The molecule has 1 heterocycles. The van der Waals surface area contributed by atoms with Crippen molar-refractivity contribution in [2.75, 3.05) is 0 Å². The van der Waals surface area contributed by atoms with Crippen molar-refractivity contribution in [2.45, 2.75) is 32.4 Å². The summed E-state index contributed by atoms with van der Waals surface area (Å²) in [6.07, 6.45) is 1.10.